The number of aryl methyl sites for hydroxylation is 1. The van der Waals surface area contributed by atoms with E-state index in [1.54, 1.807) is 17.5 Å². The van der Waals surface area contributed by atoms with Gasteiger partial charge in [-0.3, -0.25) is 14.0 Å². The normalized spacial score (nSPS) is 11.0. The summed E-state index contributed by atoms with van der Waals surface area (Å²) in [5.74, 6) is 0.387. The Morgan fingerprint density at radius 1 is 1.12 bits per heavy atom. The van der Waals surface area contributed by atoms with Crippen LogP contribution in [0.2, 0.25) is 0 Å². The van der Waals surface area contributed by atoms with Crippen LogP contribution in [-0.2, 0) is 29.0 Å². The lowest BCUT2D eigenvalue weighted by molar-refractivity contribution is -0.142. The molecule has 0 atom stereocenters. The van der Waals surface area contributed by atoms with Gasteiger partial charge in [0.2, 0.25) is 0 Å². The molecule has 0 aliphatic rings. The number of ether oxygens (including phenoxy) is 2. The van der Waals surface area contributed by atoms with Gasteiger partial charge >= 0.3 is 5.97 Å². The maximum Gasteiger partial charge on any atom is 0.311 e. The summed E-state index contributed by atoms with van der Waals surface area (Å²) in [5, 5.41) is 0. The van der Waals surface area contributed by atoms with Crippen molar-refractivity contribution in [3.8, 4) is 17.0 Å². The number of fused-ring (bicyclic) bond motifs is 1. The van der Waals surface area contributed by atoms with E-state index < -0.39 is 0 Å². The Balaban J connectivity index is 1.71. The number of carbonyl (C=O) groups excluding carboxylic acids is 2. The summed E-state index contributed by atoms with van der Waals surface area (Å²) in [6.07, 6.45) is 4.70. The van der Waals surface area contributed by atoms with Crippen LogP contribution in [0.15, 0.2) is 54.7 Å². The summed E-state index contributed by atoms with van der Waals surface area (Å²) in [7, 11) is 0. The molecule has 2 aromatic heterocycles. The van der Waals surface area contributed by atoms with Gasteiger partial charge in [0.15, 0.2) is 11.2 Å². The number of thiazole rings is 1. The van der Waals surface area contributed by atoms with Gasteiger partial charge in [0.1, 0.15) is 23.7 Å². The number of nitrogens with zero attached hydrogens (tertiary/aromatic N) is 2. The molecular weight excluding hydrogens is 436 g/mol. The van der Waals surface area contributed by atoms with E-state index in [0.717, 1.165) is 40.7 Å². The lowest BCUT2D eigenvalue weighted by Crippen LogP contribution is -2.06. The van der Waals surface area contributed by atoms with E-state index in [4.69, 9.17) is 14.5 Å². The van der Waals surface area contributed by atoms with Gasteiger partial charge in [-0.05, 0) is 36.6 Å². The zero-order valence-corrected chi connectivity index (χ0v) is 19.6. The molecule has 7 heteroatoms. The number of hydrogen-bond acceptors (Lipinski definition) is 6. The van der Waals surface area contributed by atoms with E-state index in [0.29, 0.717) is 35.3 Å². The summed E-state index contributed by atoms with van der Waals surface area (Å²) in [6.45, 7) is 4.67. The molecule has 4 aromatic rings. The average Bonchev–Trinajstić information content (AvgIpc) is 3.36. The number of carbonyl (C=O) groups is 2. The molecule has 4 rings (SSSR count). The molecule has 0 saturated heterocycles. The quantitative estimate of drug-likeness (QED) is 0.229. The highest BCUT2D eigenvalue weighted by molar-refractivity contribution is 7.17. The molecule has 0 amide bonds. The van der Waals surface area contributed by atoms with Crippen LogP contribution in [0.5, 0.6) is 5.75 Å². The minimum Gasteiger partial charge on any atom is -0.488 e. The minimum atomic E-state index is -0.293. The molecule has 0 aliphatic heterocycles. The molecule has 2 heterocycles. The molecule has 0 radical (unpaired) electrons. The molecule has 6 nitrogen and oxygen atoms in total. The molecule has 0 fully saturated rings. The van der Waals surface area contributed by atoms with Gasteiger partial charge in [-0.15, -0.1) is 11.3 Å². The standard InChI is InChI=1S/C26H26N2O4S/c1-3-8-18-11-12-23(32-17-19-9-6-5-7-10-19)21(13-18)25-22(16-29)28-15-20(33-26(28)27-25)14-24(30)31-4-2/h5-7,9-13,15-16H,3-4,8,14,17H2,1-2H3. The van der Waals surface area contributed by atoms with Crippen LogP contribution in [0, 0.1) is 0 Å². The Bertz CT molecular complexity index is 1260. The van der Waals surface area contributed by atoms with Crippen molar-refractivity contribution in [2.75, 3.05) is 6.61 Å². The number of aromatic nitrogens is 2. The van der Waals surface area contributed by atoms with Gasteiger partial charge in [-0.25, -0.2) is 4.98 Å². The van der Waals surface area contributed by atoms with Gasteiger partial charge in [0, 0.05) is 16.6 Å². The first-order valence-corrected chi connectivity index (χ1v) is 11.9. The third-order valence-electron chi connectivity index (χ3n) is 5.22. The van der Waals surface area contributed by atoms with Crippen LogP contribution in [0.4, 0.5) is 0 Å². The number of benzene rings is 2. The monoisotopic (exact) mass is 462 g/mol. The van der Waals surface area contributed by atoms with E-state index >= 15 is 0 Å². The molecule has 2 aromatic carbocycles. The van der Waals surface area contributed by atoms with Crippen molar-refractivity contribution in [1.29, 1.82) is 0 Å². The molecular formula is C26H26N2O4S. The first-order valence-electron chi connectivity index (χ1n) is 11.0. The SMILES string of the molecule is CCCc1ccc(OCc2ccccc2)c(-c2nc3sc(CC(=O)OCC)cn3c2C=O)c1. The fraction of sp³-hybridized carbons (Fsp3) is 0.269. The van der Waals surface area contributed by atoms with Crippen molar-refractivity contribution in [3.63, 3.8) is 0 Å². The molecule has 0 unspecified atom stereocenters. The summed E-state index contributed by atoms with van der Waals surface area (Å²) in [6, 6.07) is 16.0. The molecule has 0 N–H and O–H groups in total. The number of hydrogen-bond donors (Lipinski definition) is 0. The fourth-order valence-corrected chi connectivity index (χ4v) is 4.69. The number of imidazole rings is 1. The molecule has 0 saturated carbocycles. The van der Waals surface area contributed by atoms with Crippen molar-refractivity contribution >= 4 is 28.6 Å². The first kappa shape index (κ1) is 22.7. The molecule has 0 aliphatic carbocycles. The van der Waals surface area contributed by atoms with E-state index in [1.807, 2.05) is 36.4 Å². The average molecular weight is 463 g/mol. The molecule has 170 valence electrons. The van der Waals surface area contributed by atoms with E-state index in [1.165, 1.54) is 11.3 Å². The highest BCUT2D eigenvalue weighted by Gasteiger charge is 2.21. The van der Waals surface area contributed by atoms with Gasteiger partial charge in [0.25, 0.3) is 0 Å². The lowest BCUT2D eigenvalue weighted by Gasteiger charge is -2.13. The highest BCUT2D eigenvalue weighted by atomic mass is 32.1. The van der Waals surface area contributed by atoms with Crippen molar-refractivity contribution in [3.05, 3.63) is 76.4 Å². The Morgan fingerprint density at radius 3 is 2.67 bits per heavy atom. The second kappa shape index (κ2) is 10.4. The van der Waals surface area contributed by atoms with Gasteiger partial charge in [-0.2, -0.15) is 0 Å². The van der Waals surface area contributed by atoms with Gasteiger partial charge in [0.05, 0.1) is 13.0 Å². The topological polar surface area (TPSA) is 69.9 Å². The third kappa shape index (κ3) is 5.14. The Kier molecular flexibility index (Phi) is 7.19. The molecule has 0 spiro atoms. The Hall–Kier alpha value is -3.45. The smallest absolute Gasteiger partial charge is 0.311 e. The van der Waals surface area contributed by atoms with Crippen LogP contribution in [0.1, 0.15) is 46.8 Å². The maximum atomic E-state index is 12.1. The lowest BCUT2D eigenvalue weighted by atomic mass is 10.0. The summed E-state index contributed by atoms with van der Waals surface area (Å²) in [4.78, 5) is 30.2. The third-order valence-corrected chi connectivity index (χ3v) is 6.20. The Morgan fingerprint density at radius 2 is 1.94 bits per heavy atom. The first-order chi connectivity index (χ1) is 16.1. The van der Waals surface area contributed by atoms with Crippen molar-refractivity contribution in [2.24, 2.45) is 0 Å². The van der Waals surface area contributed by atoms with E-state index in [2.05, 4.69) is 19.1 Å². The second-order valence-electron chi connectivity index (χ2n) is 7.65. The number of esters is 1. The summed E-state index contributed by atoms with van der Waals surface area (Å²) >= 11 is 1.38. The van der Waals surface area contributed by atoms with Crippen LogP contribution in [-0.4, -0.2) is 28.2 Å². The minimum absolute atomic E-state index is 0.160. The van der Waals surface area contributed by atoms with Crippen LogP contribution >= 0.6 is 11.3 Å². The van der Waals surface area contributed by atoms with Gasteiger partial charge in [-0.1, -0.05) is 49.7 Å². The van der Waals surface area contributed by atoms with Gasteiger partial charge < -0.3 is 9.47 Å². The summed E-state index contributed by atoms with van der Waals surface area (Å²) in [5.41, 5.74) is 4.04. The van der Waals surface area contributed by atoms with Crippen molar-refractivity contribution in [2.45, 2.75) is 39.7 Å². The Labute approximate surface area is 196 Å². The van der Waals surface area contributed by atoms with Crippen LogP contribution in [0.25, 0.3) is 16.2 Å². The molecule has 0 bridgehead atoms. The predicted octanol–water partition coefficient (Wildman–Crippen LogP) is 5.51. The van der Waals surface area contributed by atoms with E-state index in [9.17, 15) is 9.59 Å². The predicted molar refractivity (Wildman–Crippen MR) is 129 cm³/mol. The second-order valence-corrected chi connectivity index (χ2v) is 8.74. The van der Waals surface area contributed by atoms with E-state index in [-0.39, 0.29) is 12.4 Å². The molecule has 33 heavy (non-hydrogen) atoms. The fourth-order valence-electron chi connectivity index (χ4n) is 3.72. The maximum absolute atomic E-state index is 12.1. The summed E-state index contributed by atoms with van der Waals surface area (Å²) < 4.78 is 12.9. The van der Waals surface area contributed by atoms with Crippen LogP contribution in [0.3, 0.4) is 0 Å². The number of aldehydes is 1. The number of rotatable bonds is 10. The van der Waals surface area contributed by atoms with Crippen molar-refractivity contribution in [1.82, 2.24) is 9.38 Å². The largest absolute Gasteiger partial charge is 0.488 e. The zero-order chi connectivity index (χ0) is 23.2. The zero-order valence-electron chi connectivity index (χ0n) is 18.7. The highest BCUT2D eigenvalue weighted by Crippen LogP contribution is 2.35. The van der Waals surface area contributed by atoms with Crippen LogP contribution < -0.4 is 4.74 Å². The van der Waals surface area contributed by atoms with Crippen molar-refractivity contribution < 1.29 is 19.1 Å².